The first-order valence-corrected chi connectivity index (χ1v) is 10.7. The second-order valence-electron chi connectivity index (χ2n) is 4.28. The van der Waals surface area contributed by atoms with Gasteiger partial charge in [0.1, 0.15) is 0 Å². The van der Waals surface area contributed by atoms with Crippen LogP contribution in [-0.4, -0.2) is 35.3 Å². The van der Waals surface area contributed by atoms with Gasteiger partial charge in [-0.05, 0) is 12.8 Å². The van der Waals surface area contributed by atoms with Crippen molar-refractivity contribution in [1.29, 1.82) is 0 Å². The van der Waals surface area contributed by atoms with Crippen LogP contribution in [0.5, 0.6) is 0 Å². The lowest BCUT2D eigenvalue weighted by Gasteiger charge is -2.16. The van der Waals surface area contributed by atoms with Crippen LogP contribution in [0.2, 0.25) is 0 Å². The predicted octanol–water partition coefficient (Wildman–Crippen LogP) is 4.02. The molecule has 124 valence electrons. The average Bonchev–Trinajstić information content (AvgIpc) is 2.39. The van der Waals surface area contributed by atoms with Crippen LogP contribution in [-0.2, 0) is 18.2 Å². The van der Waals surface area contributed by atoms with E-state index in [1.54, 1.807) is 0 Å². The van der Waals surface area contributed by atoms with Gasteiger partial charge < -0.3 is 18.8 Å². The molecule has 0 aromatic rings. The molecule has 0 aromatic carbocycles. The van der Waals surface area contributed by atoms with Gasteiger partial charge in [0.15, 0.2) is 0 Å². The van der Waals surface area contributed by atoms with E-state index >= 15 is 0 Å². The lowest BCUT2D eigenvalue weighted by atomic mass is 10.4. The molecule has 20 heavy (non-hydrogen) atoms. The van der Waals surface area contributed by atoms with Gasteiger partial charge in [-0.1, -0.05) is 40.5 Å². The summed E-state index contributed by atoms with van der Waals surface area (Å²) in [6.45, 7) is 8.55. The molecule has 0 aliphatic heterocycles. The highest BCUT2D eigenvalue weighted by atomic mass is 31.2. The average molecular weight is 332 g/mol. The Hall–Kier alpha value is 0.300. The number of unbranched alkanes of at least 4 members (excludes halogenated alkanes) is 2. The molecule has 0 spiro atoms. The normalized spacial score (nSPS) is 11.9. The molecule has 0 aliphatic carbocycles. The minimum atomic E-state index is -3.65. The molecule has 0 rings (SSSR count). The standard InChI is InChI=1S/C10H23O3P.C2H7O3P/c1-4-7-9-12-14(11,6-3)13-10-8-5-2;1-2-6(3,4)5/h4-10H2,1-3H3;2H2,1H3,(H2,3,4,5). The first-order chi connectivity index (χ1) is 9.24. The molecule has 0 bridgehead atoms. The molecule has 0 saturated carbocycles. The van der Waals surface area contributed by atoms with Crippen molar-refractivity contribution in [2.45, 2.75) is 53.4 Å². The highest BCUT2D eigenvalue weighted by molar-refractivity contribution is 7.53. The van der Waals surface area contributed by atoms with E-state index in [9.17, 15) is 9.13 Å². The molecular weight excluding hydrogens is 302 g/mol. The monoisotopic (exact) mass is 332 g/mol. The van der Waals surface area contributed by atoms with Crippen LogP contribution in [0.25, 0.3) is 0 Å². The molecule has 0 fully saturated rings. The van der Waals surface area contributed by atoms with Crippen molar-refractivity contribution >= 4 is 15.2 Å². The van der Waals surface area contributed by atoms with Gasteiger partial charge in [0.05, 0.1) is 13.2 Å². The van der Waals surface area contributed by atoms with Gasteiger partial charge in [0, 0.05) is 12.3 Å². The third kappa shape index (κ3) is 16.4. The molecule has 0 saturated heterocycles. The Bertz CT molecular complexity index is 288. The molecule has 2 N–H and O–H groups in total. The predicted molar refractivity (Wildman–Crippen MR) is 82.5 cm³/mol. The number of hydrogen-bond donors (Lipinski definition) is 2. The molecule has 8 heteroatoms. The van der Waals surface area contributed by atoms with Crippen molar-refractivity contribution < 1.29 is 28.0 Å². The SMILES string of the molecule is CCCCOP(=O)(CC)OCCCC.CCP(=O)(O)O. The summed E-state index contributed by atoms with van der Waals surface area (Å²) in [5, 5.41) is 0. The molecule has 0 radical (unpaired) electrons. The third-order valence-electron chi connectivity index (χ3n) is 2.37. The molecule has 0 aliphatic rings. The van der Waals surface area contributed by atoms with E-state index in [-0.39, 0.29) is 6.16 Å². The van der Waals surface area contributed by atoms with E-state index < -0.39 is 15.2 Å². The second kappa shape index (κ2) is 13.0. The largest absolute Gasteiger partial charge is 0.330 e. The summed E-state index contributed by atoms with van der Waals surface area (Å²) in [6, 6.07) is 0. The summed E-state index contributed by atoms with van der Waals surface area (Å²) >= 11 is 0. The Balaban J connectivity index is 0. The Morgan fingerprint density at radius 2 is 1.15 bits per heavy atom. The third-order valence-corrected chi connectivity index (χ3v) is 5.12. The van der Waals surface area contributed by atoms with Crippen LogP contribution in [0.4, 0.5) is 0 Å². The maximum atomic E-state index is 11.9. The van der Waals surface area contributed by atoms with Gasteiger partial charge in [-0.2, -0.15) is 0 Å². The van der Waals surface area contributed by atoms with Crippen LogP contribution in [0, 0.1) is 0 Å². The van der Waals surface area contributed by atoms with Crippen LogP contribution >= 0.6 is 15.2 Å². The van der Waals surface area contributed by atoms with E-state index in [1.165, 1.54) is 6.92 Å². The number of hydrogen-bond acceptors (Lipinski definition) is 4. The van der Waals surface area contributed by atoms with Crippen molar-refractivity contribution in [2.75, 3.05) is 25.5 Å². The van der Waals surface area contributed by atoms with Crippen molar-refractivity contribution in [3.63, 3.8) is 0 Å². The zero-order chi connectivity index (χ0) is 16.1. The zero-order valence-electron chi connectivity index (χ0n) is 13.1. The van der Waals surface area contributed by atoms with Crippen molar-refractivity contribution in [3.05, 3.63) is 0 Å². The Kier molecular flexibility index (Phi) is 14.7. The molecule has 0 unspecified atom stereocenters. The van der Waals surface area contributed by atoms with E-state index in [4.69, 9.17) is 18.8 Å². The fraction of sp³-hybridized carbons (Fsp3) is 1.00. The minimum Gasteiger partial charge on any atom is -0.324 e. The highest BCUT2D eigenvalue weighted by Crippen LogP contribution is 2.47. The maximum absolute atomic E-state index is 11.9. The smallest absolute Gasteiger partial charge is 0.324 e. The van der Waals surface area contributed by atoms with Gasteiger partial charge >= 0.3 is 15.2 Å². The summed E-state index contributed by atoms with van der Waals surface area (Å²) < 4.78 is 32.2. The van der Waals surface area contributed by atoms with Crippen LogP contribution in [0.3, 0.4) is 0 Å². The molecule has 0 aromatic heterocycles. The quantitative estimate of drug-likeness (QED) is 0.464. The molecule has 0 atom stereocenters. The second-order valence-corrected chi connectivity index (χ2v) is 8.61. The van der Waals surface area contributed by atoms with Gasteiger partial charge in [-0.15, -0.1) is 0 Å². The topological polar surface area (TPSA) is 93.1 Å². The fourth-order valence-corrected chi connectivity index (χ4v) is 2.17. The molecule has 0 amide bonds. The van der Waals surface area contributed by atoms with E-state index in [1.807, 2.05) is 6.92 Å². The minimum absolute atomic E-state index is 0.0625. The summed E-state index contributed by atoms with van der Waals surface area (Å²) in [7, 11) is -6.41. The van der Waals surface area contributed by atoms with E-state index in [0.717, 1.165) is 25.7 Å². The van der Waals surface area contributed by atoms with Gasteiger partial charge in [0.2, 0.25) is 0 Å². The van der Waals surface area contributed by atoms with Crippen molar-refractivity contribution in [2.24, 2.45) is 0 Å². The van der Waals surface area contributed by atoms with E-state index in [2.05, 4.69) is 13.8 Å². The van der Waals surface area contributed by atoms with Gasteiger partial charge in [-0.25, -0.2) is 0 Å². The molecule has 0 heterocycles. The highest BCUT2D eigenvalue weighted by Gasteiger charge is 2.20. The summed E-state index contributed by atoms with van der Waals surface area (Å²) in [6.07, 6.45) is 4.41. The number of rotatable bonds is 10. The van der Waals surface area contributed by atoms with Gasteiger partial charge in [0.25, 0.3) is 0 Å². The van der Waals surface area contributed by atoms with E-state index in [0.29, 0.717) is 19.4 Å². The van der Waals surface area contributed by atoms with Crippen LogP contribution < -0.4 is 0 Å². The Morgan fingerprint density at radius 3 is 1.35 bits per heavy atom. The van der Waals surface area contributed by atoms with Crippen molar-refractivity contribution in [1.82, 2.24) is 0 Å². The fourth-order valence-electron chi connectivity index (χ4n) is 0.916. The molecular formula is C12H30O6P2. The van der Waals surface area contributed by atoms with Gasteiger partial charge in [-0.3, -0.25) is 9.13 Å². The summed E-state index contributed by atoms with van der Waals surface area (Å²) in [4.78, 5) is 15.9. The Labute approximate surface area is 123 Å². The lowest BCUT2D eigenvalue weighted by molar-refractivity contribution is 0.201. The van der Waals surface area contributed by atoms with Crippen molar-refractivity contribution in [3.8, 4) is 0 Å². The van der Waals surface area contributed by atoms with Crippen LogP contribution in [0.1, 0.15) is 53.4 Å². The zero-order valence-corrected chi connectivity index (χ0v) is 14.9. The first-order valence-electron chi connectivity index (χ1n) is 7.17. The summed E-state index contributed by atoms with van der Waals surface area (Å²) in [5.41, 5.74) is 0. The maximum Gasteiger partial charge on any atom is 0.330 e. The Morgan fingerprint density at radius 1 is 0.800 bits per heavy atom. The molecule has 6 nitrogen and oxygen atoms in total. The van der Waals surface area contributed by atoms with Crippen LogP contribution in [0.15, 0.2) is 0 Å². The lowest BCUT2D eigenvalue weighted by Crippen LogP contribution is -2.01. The summed E-state index contributed by atoms with van der Waals surface area (Å²) in [5.74, 6) is 0. The first kappa shape index (κ1) is 22.6.